The van der Waals surface area contributed by atoms with Crippen molar-refractivity contribution in [1.29, 1.82) is 0 Å². The van der Waals surface area contributed by atoms with Crippen molar-refractivity contribution in [2.75, 3.05) is 20.3 Å². The molecule has 0 aromatic rings. The smallest absolute Gasteiger partial charge is 0.0856 e. The largest absolute Gasteiger partial charge is 0.391 e. The van der Waals surface area contributed by atoms with E-state index >= 15 is 0 Å². The second kappa shape index (κ2) is 7.26. The quantitative estimate of drug-likeness (QED) is 0.603. The first kappa shape index (κ1) is 12.8. The van der Waals surface area contributed by atoms with Gasteiger partial charge in [-0.25, -0.2) is 0 Å². The Morgan fingerprint density at radius 1 is 1.31 bits per heavy atom. The Labute approximate surface area is 79.5 Å². The molecule has 0 amide bonds. The molecule has 3 atom stereocenters. The van der Waals surface area contributed by atoms with Crippen LogP contribution in [0.15, 0.2) is 0 Å². The van der Waals surface area contributed by atoms with Gasteiger partial charge in [0, 0.05) is 20.1 Å². The van der Waals surface area contributed by atoms with E-state index in [1.165, 1.54) is 7.11 Å². The van der Waals surface area contributed by atoms with Crippen molar-refractivity contribution in [3.63, 3.8) is 0 Å². The van der Waals surface area contributed by atoms with Crippen molar-refractivity contribution in [1.82, 2.24) is 0 Å². The summed E-state index contributed by atoms with van der Waals surface area (Å²) in [5.41, 5.74) is 0. The van der Waals surface area contributed by atoms with Gasteiger partial charge in [-0.1, -0.05) is 0 Å². The van der Waals surface area contributed by atoms with Crippen LogP contribution in [0.2, 0.25) is 0 Å². The number of methoxy groups -OCH3 is 1. The molecule has 0 bridgehead atoms. The molecule has 0 saturated carbocycles. The summed E-state index contributed by atoms with van der Waals surface area (Å²) in [6, 6.07) is 0. The zero-order valence-corrected chi connectivity index (χ0v) is 8.56. The van der Waals surface area contributed by atoms with E-state index in [2.05, 4.69) is 0 Å². The van der Waals surface area contributed by atoms with Crippen molar-refractivity contribution >= 4 is 0 Å². The van der Waals surface area contributed by atoms with Crippen LogP contribution in [0.25, 0.3) is 0 Å². The van der Waals surface area contributed by atoms with Crippen molar-refractivity contribution < 1.29 is 19.7 Å². The highest BCUT2D eigenvalue weighted by molar-refractivity contribution is 4.69. The summed E-state index contributed by atoms with van der Waals surface area (Å²) in [4.78, 5) is 0. The predicted octanol–water partition coefficient (Wildman–Crippen LogP) is 0.170. The molecule has 0 aliphatic heterocycles. The van der Waals surface area contributed by atoms with Gasteiger partial charge in [-0.05, 0) is 13.8 Å². The fourth-order valence-corrected chi connectivity index (χ4v) is 1.15. The van der Waals surface area contributed by atoms with Crippen molar-refractivity contribution in [3.8, 4) is 0 Å². The van der Waals surface area contributed by atoms with Gasteiger partial charge in [-0.3, -0.25) is 0 Å². The topological polar surface area (TPSA) is 58.9 Å². The Bertz CT molecular complexity index is 116. The first-order valence-corrected chi connectivity index (χ1v) is 4.58. The lowest BCUT2D eigenvalue weighted by Crippen LogP contribution is -2.32. The van der Waals surface area contributed by atoms with Gasteiger partial charge in [0.2, 0.25) is 0 Å². The average molecular weight is 192 g/mol. The summed E-state index contributed by atoms with van der Waals surface area (Å²) < 4.78 is 10.0. The van der Waals surface area contributed by atoms with Gasteiger partial charge < -0.3 is 19.7 Å². The fourth-order valence-electron chi connectivity index (χ4n) is 1.15. The van der Waals surface area contributed by atoms with Crippen LogP contribution in [0.5, 0.6) is 0 Å². The van der Waals surface area contributed by atoms with Gasteiger partial charge in [-0.2, -0.15) is 0 Å². The molecule has 0 heterocycles. The standard InChI is InChI=1S/C9H20O4/c1-4-13-9(7(2)10)5-8(11)6-12-3/h7-11H,4-6H2,1-3H3. The average Bonchev–Trinajstić information content (AvgIpc) is 2.04. The Kier molecular flexibility index (Phi) is 7.17. The minimum Gasteiger partial charge on any atom is -0.391 e. The minimum atomic E-state index is -0.573. The molecule has 80 valence electrons. The number of ether oxygens (including phenoxy) is 2. The lowest BCUT2D eigenvalue weighted by atomic mass is 10.1. The van der Waals surface area contributed by atoms with Crippen LogP contribution in [-0.4, -0.2) is 48.8 Å². The van der Waals surface area contributed by atoms with Crippen LogP contribution in [0, 0.1) is 0 Å². The van der Waals surface area contributed by atoms with E-state index in [1.807, 2.05) is 6.92 Å². The molecule has 0 aliphatic carbocycles. The van der Waals surface area contributed by atoms with Crippen LogP contribution < -0.4 is 0 Å². The van der Waals surface area contributed by atoms with Gasteiger partial charge in [0.25, 0.3) is 0 Å². The molecule has 3 unspecified atom stereocenters. The predicted molar refractivity (Wildman–Crippen MR) is 49.6 cm³/mol. The van der Waals surface area contributed by atoms with Gasteiger partial charge in [0.1, 0.15) is 0 Å². The lowest BCUT2D eigenvalue weighted by Gasteiger charge is -2.22. The molecular formula is C9H20O4. The molecular weight excluding hydrogens is 172 g/mol. The summed E-state index contributed by atoms with van der Waals surface area (Å²) in [5, 5.41) is 18.7. The highest BCUT2D eigenvalue weighted by Crippen LogP contribution is 2.08. The second-order valence-corrected chi connectivity index (χ2v) is 3.08. The Balaban J connectivity index is 3.79. The first-order chi connectivity index (χ1) is 6.11. The van der Waals surface area contributed by atoms with Crippen LogP contribution in [0.1, 0.15) is 20.3 Å². The van der Waals surface area contributed by atoms with Crippen LogP contribution in [0.3, 0.4) is 0 Å². The summed E-state index contributed by atoms with van der Waals surface area (Å²) >= 11 is 0. The molecule has 2 N–H and O–H groups in total. The van der Waals surface area contributed by atoms with Crippen LogP contribution in [-0.2, 0) is 9.47 Å². The molecule has 0 aliphatic rings. The summed E-state index contributed by atoms with van der Waals surface area (Å²) in [6.45, 7) is 4.32. The minimum absolute atomic E-state index is 0.274. The number of aliphatic hydroxyl groups excluding tert-OH is 2. The molecule has 0 radical (unpaired) electrons. The maximum absolute atomic E-state index is 9.38. The number of aliphatic hydroxyl groups is 2. The first-order valence-electron chi connectivity index (χ1n) is 4.58. The van der Waals surface area contributed by atoms with E-state index in [9.17, 15) is 10.2 Å². The lowest BCUT2D eigenvalue weighted by molar-refractivity contribution is -0.0587. The maximum Gasteiger partial charge on any atom is 0.0856 e. The normalized spacial score (nSPS) is 18.2. The maximum atomic E-state index is 9.38. The molecule has 13 heavy (non-hydrogen) atoms. The third kappa shape index (κ3) is 5.99. The van der Waals surface area contributed by atoms with Gasteiger partial charge in [-0.15, -0.1) is 0 Å². The molecule has 0 spiro atoms. The van der Waals surface area contributed by atoms with Gasteiger partial charge >= 0.3 is 0 Å². The number of rotatable bonds is 7. The Morgan fingerprint density at radius 3 is 2.31 bits per heavy atom. The molecule has 0 fully saturated rings. The number of hydrogen-bond acceptors (Lipinski definition) is 4. The fraction of sp³-hybridized carbons (Fsp3) is 1.00. The molecule has 0 rings (SSSR count). The Hall–Kier alpha value is -0.160. The van der Waals surface area contributed by atoms with Gasteiger partial charge in [0.15, 0.2) is 0 Å². The van der Waals surface area contributed by atoms with E-state index < -0.39 is 12.2 Å². The zero-order valence-electron chi connectivity index (χ0n) is 8.56. The van der Waals surface area contributed by atoms with E-state index in [0.29, 0.717) is 13.0 Å². The molecule has 4 nitrogen and oxygen atoms in total. The van der Waals surface area contributed by atoms with Gasteiger partial charge in [0.05, 0.1) is 24.9 Å². The second-order valence-electron chi connectivity index (χ2n) is 3.08. The molecule has 0 aromatic heterocycles. The number of hydrogen-bond donors (Lipinski definition) is 2. The SMILES string of the molecule is CCOC(CC(O)COC)C(C)O. The third-order valence-electron chi connectivity index (χ3n) is 1.78. The Morgan fingerprint density at radius 2 is 1.92 bits per heavy atom. The highest BCUT2D eigenvalue weighted by Gasteiger charge is 2.19. The highest BCUT2D eigenvalue weighted by atomic mass is 16.5. The van der Waals surface area contributed by atoms with E-state index in [4.69, 9.17) is 9.47 Å². The monoisotopic (exact) mass is 192 g/mol. The van der Waals surface area contributed by atoms with Crippen LogP contribution in [0.4, 0.5) is 0 Å². The third-order valence-corrected chi connectivity index (χ3v) is 1.78. The van der Waals surface area contributed by atoms with Crippen molar-refractivity contribution in [3.05, 3.63) is 0 Å². The molecule has 0 saturated heterocycles. The van der Waals surface area contributed by atoms with E-state index in [1.54, 1.807) is 6.92 Å². The van der Waals surface area contributed by atoms with E-state index in [0.717, 1.165) is 0 Å². The molecule has 0 aromatic carbocycles. The van der Waals surface area contributed by atoms with Crippen molar-refractivity contribution in [2.45, 2.75) is 38.6 Å². The van der Waals surface area contributed by atoms with E-state index in [-0.39, 0.29) is 12.7 Å². The van der Waals surface area contributed by atoms with Crippen molar-refractivity contribution in [2.24, 2.45) is 0 Å². The summed E-state index contributed by atoms with van der Waals surface area (Å²) in [7, 11) is 1.53. The summed E-state index contributed by atoms with van der Waals surface area (Å²) in [5.74, 6) is 0. The zero-order chi connectivity index (χ0) is 10.3. The summed E-state index contributed by atoms with van der Waals surface area (Å²) in [6.07, 6.45) is -1.04. The van der Waals surface area contributed by atoms with Crippen LogP contribution >= 0.6 is 0 Å². The molecule has 4 heteroatoms.